The molecule has 53 heavy (non-hydrogen) atoms. The van der Waals surface area contributed by atoms with Crippen LogP contribution in [0.4, 0.5) is 0 Å². The number of hydrogen-bond donors (Lipinski definition) is 0. The number of hydrogen-bond acceptors (Lipinski definition) is 2. The summed E-state index contributed by atoms with van der Waals surface area (Å²) in [5, 5.41) is 4.86. The van der Waals surface area contributed by atoms with Crippen LogP contribution in [0.25, 0.3) is 99.8 Å². The zero-order chi connectivity index (χ0) is 34.9. The summed E-state index contributed by atoms with van der Waals surface area (Å²) >= 11 is 0. The van der Waals surface area contributed by atoms with Crippen LogP contribution in [0.3, 0.4) is 0 Å². The molecule has 0 N–H and O–H groups in total. The van der Waals surface area contributed by atoms with E-state index < -0.39 is 0 Å². The predicted molar refractivity (Wildman–Crippen MR) is 219 cm³/mol. The van der Waals surface area contributed by atoms with E-state index in [4.69, 9.17) is 9.40 Å². The fourth-order valence-corrected chi connectivity index (χ4v) is 8.19. The fraction of sp³-hybridized carbons (Fsp3) is 0. The summed E-state index contributed by atoms with van der Waals surface area (Å²) in [4.78, 5) is 5.33. The maximum Gasteiger partial charge on any atom is 0.229 e. The van der Waals surface area contributed by atoms with Crippen LogP contribution in [0.15, 0.2) is 192 Å². The first-order valence-electron chi connectivity index (χ1n) is 18.0. The van der Waals surface area contributed by atoms with Crippen LogP contribution in [0.5, 0.6) is 0 Å². The maximum absolute atomic E-state index is 6.88. The Kier molecular flexibility index (Phi) is 6.52. The molecule has 8 aromatic carbocycles. The zero-order valence-electron chi connectivity index (χ0n) is 28.6. The van der Waals surface area contributed by atoms with Gasteiger partial charge in [-0.15, -0.1) is 0 Å². The van der Waals surface area contributed by atoms with Gasteiger partial charge in [0.05, 0.1) is 33.3 Å². The third kappa shape index (κ3) is 4.59. The first kappa shape index (κ1) is 29.5. The van der Waals surface area contributed by atoms with Crippen molar-refractivity contribution in [2.75, 3.05) is 0 Å². The second-order valence-electron chi connectivity index (χ2n) is 13.6. The Bertz CT molecular complexity index is 3060. The van der Waals surface area contributed by atoms with E-state index in [2.05, 4.69) is 185 Å². The molecule has 4 nitrogen and oxygen atoms in total. The minimum Gasteiger partial charge on any atom is -0.436 e. The van der Waals surface area contributed by atoms with Gasteiger partial charge in [-0.25, -0.2) is 4.98 Å². The van der Waals surface area contributed by atoms with Crippen molar-refractivity contribution in [1.82, 2.24) is 14.1 Å². The molecule has 0 amide bonds. The topological polar surface area (TPSA) is 35.9 Å². The lowest BCUT2D eigenvalue weighted by Crippen LogP contribution is -2.01. The van der Waals surface area contributed by atoms with Crippen molar-refractivity contribution in [3.63, 3.8) is 0 Å². The molecular formula is C49H31N3O. The molecule has 0 aliphatic carbocycles. The second kappa shape index (κ2) is 11.7. The molecule has 0 spiro atoms. The van der Waals surface area contributed by atoms with E-state index in [1.807, 2.05) is 12.1 Å². The van der Waals surface area contributed by atoms with Gasteiger partial charge in [0.15, 0.2) is 5.58 Å². The molecule has 0 saturated carbocycles. The Hall–Kier alpha value is -7.17. The van der Waals surface area contributed by atoms with E-state index in [0.29, 0.717) is 5.89 Å². The fourth-order valence-electron chi connectivity index (χ4n) is 8.19. The molecular weight excluding hydrogens is 647 g/mol. The molecule has 0 aliphatic heterocycles. The van der Waals surface area contributed by atoms with Gasteiger partial charge in [-0.3, -0.25) is 0 Å². The maximum atomic E-state index is 6.88. The number of benzene rings is 8. The van der Waals surface area contributed by atoms with Gasteiger partial charge in [-0.1, -0.05) is 133 Å². The van der Waals surface area contributed by atoms with Gasteiger partial charge in [0, 0.05) is 32.8 Å². The quantitative estimate of drug-likeness (QED) is 0.182. The molecule has 248 valence electrons. The van der Waals surface area contributed by atoms with Crippen molar-refractivity contribution < 1.29 is 4.42 Å². The highest BCUT2D eigenvalue weighted by atomic mass is 16.3. The van der Waals surface area contributed by atoms with Crippen molar-refractivity contribution >= 4 is 54.7 Å². The highest BCUT2D eigenvalue weighted by Gasteiger charge is 2.22. The van der Waals surface area contributed by atoms with Crippen molar-refractivity contribution in [2.45, 2.75) is 0 Å². The number of aromatic nitrogens is 3. The molecule has 3 heterocycles. The van der Waals surface area contributed by atoms with E-state index in [0.717, 1.165) is 72.4 Å². The van der Waals surface area contributed by atoms with Gasteiger partial charge in [0.25, 0.3) is 0 Å². The lowest BCUT2D eigenvalue weighted by atomic mass is 9.98. The van der Waals surface area contributed by atoms with E-state index >= 15 is 0 Å². The van der Waals surface area contributed by atoms with Crippen LogP contribution in [0, 0.1) is 0 Å². The Morgan fingerprint density at radius 2 is 0.868 bits per heavy atom. The van der Waals surface area contributed by atoms with Crippen LogP contribution in [0.2, 0.25) is 0 Å². The summed E-state index contributed by atoms with van der Waals surface area (Å²) in [7, 11) is 0. The molecule has 0 fully saturated rings. The summed E-state index contributed by atoms with van der Waals surface area (Å²) in [6.07, 6.45) is 0. The summed E-state index contributed by atoms with van der Waals surface area (Å²) in [6, 6.07) is 66.6. The van der Waals surface area contributed by atoms with E-state index in [1.165, 1.54) is 21.5 Å². The van der Waals surface area contributed by atoms with Gasteiger partial charge >= 0.3 is 0 Å². The number of fused-ring (bicyclic) bond motifs is 7. The molecule has 4 heteroatoms. The van der Waals surface area contributed by atoms with Crippen LogP contribution in [-0.2, 0) is 0 Å². The first-order chi connectivity index (χ1) is 26.3. The van der Waals surface area contributed by atoms with Crippen LogP contribution in [0.1, 0.15) is 0 Å². The van der Waals surface area contributed by atoms with Crippen LogP contribution >= 0.6 is 0 Å². The van der Waals surface area contributed by atoms with Crippen molar-refractivity contribution in [3.05, 3.63) is 188 Å². The molecule has 0 aliphatic rings. The monoisotopic (exact) mass is 677 g/mol. The Morgan fingerprint density at radius 1 is 0.377 bits per heavy atom. The highest BCUT2D eigenvalue weighted by molar-refractivity contribution is 6.11. The van der Waals surface area contributed by atoms with Crippen LogP contribution in [-0.4, -0.2) is 14.1 Å². The summed E-state index contributed by atoms with van der Waals surface area (Å²) in [6.45, 7) is 0. The van der Waals surface area contributed by atoms with Gasteiger partial charge in [-0.05, 0) is 71.3 Å². The Balaban J connectivity index is 1.22. The first-order valence-corrected chi connectivity index (χ1v) is 18.0. The third-order valence-electron chi connectivity index (χ3n) is 10.6. The molecule has 11 aromatic rings. The third-order valence-corrected chi connectivity index (χ3v) is 10.6. The van der Waals surface area contributed by atoms with E-state index in [-0.39, 0.29) is 0 Å². The standard InChI is InChI=1S/C49H31N3O/c1-3-15-32(16-4-1)34-29-41(33-17-5-2-6-18-33)48-47(30-34)53-49(50-48)40-28-27-35(51-42-23-11-7-19-36(42)37-20-8-12-24-43(37)51)31-46(40)52-44-25-13-9-21-38(44)39-22-10-14-26-45(39)52/h1-31H. The lowest BCUT2D eigenvalue weighted by Gasteiger charge is -2.16. The second-order valence-corrected chi connectivity index (χ2v) is 13.6. The van der Waals surface area contributed by atoms with Crippen molar-refractivity contribution in [3.8, 4) is 45.1 Å². The van der Waals surface area contributed by atoms with Crippen molar-refractivity contribution in [2.24, 2.45) is 0 Å². The lowest BCUT2D eigenvalue weighted by molar-refractivity contribution is 0.619. The SMILES string of the molecule is c1ccc(-c2cc(-c3ccccc3)c3nc(-c4ccc(-n5c6ccccc6c6ccccc65)cc4-n4c5ccccc5c5ccccc54)oc3c2)cc1. The highest BCUT2D eigenvalue weighted by Crippen LogP contribution is 2.41. The van der Waals surface area contributed by atoms with Gasteiger partial charge < -0.3 is 13.6 Å². The summed E-state index contributed by atoms with van der Waals surface area (Å²) in [5.74, 6) is 0.577. The Morgan fingerprint density at radius 3 is 1.43 bits per heavy atom. The number of oxazole rings is 1. The molecule has 0 radical (unpaired) electrons. The van der Waals surface area contributed by atoms with Gasteiger partial charge in [-0.2, -0.15) is 0 Å². The molecule has 0 atom stereocenters. The molecule has 3 aromatic heterocycles. The zero-order valence-corrected chi connectivity index (χ0v) is 28.6. The minimum absolute atomic E-state index is 0.577. The van der Waals surface area contributed by atoms with Crippen LogP contribution < -0.4 is 0 Å². The van der Waals surface area contributed by atoms with E-state index in [1.54, 1.807) is 0 Å². The smallest absolute Gasteiger partial charge is 0.229 e. The number of nitrogens with zero attached hydrogens (tertiary/aromatic N) is 3. The summed E-state index contributed by atoms with van der Waals surface area (Å²) in [5.41, 5.74) is 13.5. The van der Waals surface area contributed by atoms with E-state index in [9.17, 15) is 0 Å². The number of para-hydroxylation sites is 4. The van der Waals surface area contributed by atoms with Gasteiger partial charge in [0.1, 0.15) is 5.52 Å². The molecule has 11 rings (SSSR count). The molecule has 0 unspecified atom stereocenters. The number of rotatable bonds is 5. The Labute approximate surface area is 305 Å². The normalized spacial score (nSPS) is 11.8. The predicted octanol–water partition coefficient (Wildman–Crippen LogP) is 13.0. The molecule has 0 bridgehead atoms. The minimum atomic E-state index is 0.577. The summed E-state index contributed by atoms with van der Waals surface area (Å²) < 4.78 is 11.6. The average Bonchev–Trinajstić information content (AvgIpc) is 3.91. The average molecular weight is 678 g/mol. The largest absolute Gasteiger partial charge is 0.436 e. The van der Waals surface area contributed by atoms with Crippen molar-refractivity contribution in [1.29, 1.82) is 0 Å². The molecule has 0 saturated heterocycles. The van der Waals surface area contributed by atoms with Gasteiger partial charge in [0.2, 0.25) is 5.89 Å².